The molecule has 2 heterocycles. The van der Waals surface area contributed by atoms with Crippen LogP contribution in [0.4, 0.5) is 5.82 Å². The van der Waals surface area contributed by atoms with Gasteiger partial charge in [0.25, 0.3) is 0 Å². The quantitative estimate of drug-likeness (QED) is 0.795. The molecule has 114 valence electrons. The van der Waals surface area contributed by atoms with E-state index in [2.05, 4.69) is 16.8 Å². The molecule has 1 atom stereocenters. The molecule has 2 aromatic rings. The third kappa shape index (κ3) is 3.25. The molecule has 0 aromatic carbocycles. The molecule has 0 amide bonds. The fraction of sp³-hybridized carbons (Fsp3) is 0.429. The number of aliphatic carboxylic acids is 1. The van der Waals surface area contributed by atoms with E-state index in [9.17, 15) is 4.79 Å². The van der Waals surface area contributed by atoms with Crippen LogP contribution >= 0.6 is 11.3 Å². The average molecular weight is 309 g/mol. The van der Waals surface area contributed by atoms with Gasteiger partial charge in [-0.25, -0.2) is 9.78 Å². The number of carbonyl (C=O) groups is 1. The lowest BCUT2D eigenvalue weighted by molar-refractivity contribution is -0.131. The van der Waals surface area contributed by atoms with E-state index in [0.717, 1.165) is 29.1 Å². The zero-order chi connectivity index (χ0) is 15.4. The van der Waals surface area contributed by atoms with E-state index >= 15 is 0 Å². The van der Waals surface area contributed by atoms with E-state index in [4.69, 9.17) is 9.84 Å². The van der Waals surface area contributed by atoms with Crippen molar-refractivity contribution in [3.63, 3.8) is 0 Å². The van der Waals surface area contributed by atoms with E-state index < -0.39 is 5.97 Å². The zero-order valence-corrected chi connectivity index (χ0v) is 13.1. The average Bonchev–Trinajstić information content (AvgIpc) is 2.99. The Morgan fingerprint density at radius 1 is 1.67 bits per heavy atom. The predicted molar refractivity (Wildman–Crippen MR) is 84.1 cm³/mol. The smallest absolute Gasteiger partial charge is 0.328 e. The van der Waals surface area contributed by atoms with Crippen LogP contribution in [0.1, 0.15) is 19.5 Å². The van der Waals surface area contributed by atoms with Gasteiger partial charge in [0.05, 0.1) is 18.3 Å². The Labute approximate surface area is 127 Å². The summed E-state index contributed by atoms with van der Waals surface area (Å²) in [4.78, 5) is 18.4. The molecule has 7 heteroatoms. The highest BCUT2D eigenvalue weighted by Crippen LogP contribution is 2.27. The number of anilines is 1. The van der Waals surface area contributed by atoms with Crippen molar-refractivity contribution in [3.05, 3.63) is 23.3 Å². The monoisotopic (exact) mass is 309 g/mol. The fourth-order valence-electron chi connectivity index (χ4n) is 2.31. The zero-order valence-electron chi connectivity index (χ0n) is 12.3. The van der Waals surface area contributed by atoms with Gasteiger partial charge in [-0.15, -0.1) is 11.3 Å². The number of ether oxygens (including phenoxy) is 1. The van der Waals surface area contributed by atoms with Crippen molar-refractivity contribution in [1.82, 2.24) is 9.38 Å². The number of hydrogen-bond donors (Lipinski definition) is 1. The largest absolute Gasteiger partial charge is 0.478 e. The van der Waals surface area contributed by atoms with Gasteiger partial charge in [0.2, 0.25) is 0 Å². The topological polar surface area (TPSA) is 67.1 Å². The van der Waals surface area contributed by atoms with Crippen LogP contribution in [0.5, 0.6) is 0 Å². The lowest BCUT2D eigenvalue weighted by Crippen LogP contribution is -2.36. The number of likely N-dealkylation sites (N-methyl/N-ethyl adjacent to an activating group) is 1. The first-order chi connectivity index (χ1) is 10.1. The first-order valence-corrected chi connectivity index (χ1v) is 7.58. The maximum absolute atomic E-state index is 10.8. The molecule has 2 rings (SSSR count). The summed E-state index contributed by atoms with van der Waals surface area (Å²) in [5.41, 5.74) is 0.776. The Bertz CT molecular complexity index is 647. The Kier molecular flexibility index (Phi) is 4.98. The summed E-state index contributed by atoms with van der Waals surface area (Å²) in [5, 5.41) is 10.8. The van der Waals surface area contributed by atoms with Gasteiger partial charge in [-0.05, 0) is 19.9 Å². The van der Waals surface area contributed by atoms with Crippen molar-refractivity contribution in [2.24, 2.45) is 0 Å². The number of hydrogen-bond acceptors (Lipinski definition) is 5. The molecule has 2 aromatic heterocycles. The van der Waals surface area contributed by atoms with E-state index in [1.165, 1.54) is 11.3 Å². The number of methoxy groups -OCH3 is 1. The Hall–Kier alpha value is -1.86. The third-order valence-corrected chi connectivity index (χ3v) is 3.97. The Balaban J connectivity index is 2.48. The summed E-state index contributed by atoms with van der Waals surface area (Å²) in [6.07, 6.45) is 4.62. The van der Waals surface area contributed by atoms with Crippen molar-refractivity contribution < 1.29 is 14.6 Å². The van der Waals surface area contributed by atoms with Gasteiger partial charge in [-0.3, -0.25) is 4.40 Å². The third-order valence-electron chi connectivity index (χ3n) is 3.22. The second-order valence-electron chi connectivity index (χ2n) is 4.64. The first kappa shape index (κ1) is 15.5. The summed E-state index contributed by atoms with van der Waals surface area (Å²) < 4.78 is 7.12. The summed E-state index contributed by atoms with van der Waals surface area (Å²) >= 11 is 1.52. The van der Waals surface area contributed by atoms with E-state index in [1.54, 1.807) is 13.2 Å². The van der Waals surface area contributed by atoms with Crippen molar-refractivity contribution in [2.75, 3.05) is 25.2 Å². The van der Waals surface area contributed by atoms with Crippen LogP contribution in [-0.4, -0.2) is 46.8 Å². The van der Waals surface area contributed by atoms with Crippen molar-refractivity contribution >= 4 is 34.2 Å². The highest BCUT2D eigenvalue weighted by atomic mass is 32.1. The van der Waals surface area contributed by atoms with Crippen LogP contribution in [0.15, 0.2) is 17.7 Å². The van der Waals surface area contributed by atoms with Crippen LogP contribution < -0.4 is 4.90 Å². The first-order valence-electron chi connectivity index (χ1n) is 6.70. The van der Waals surface area contributed by atoms with Crippen LogP contribution in [-0.2, 0) is 9.53 Å². The highest BCUT2D eigenvalue weighted by Gasteiger charge is 2.20. The van der Waals surface area contributed by atoms with Gasteiger partial charge in [-0.2, -0.15) is 0 Å². The van der Waals surface area contributed by atoms with Crippen LogP contribution in [0.3, 0.4) is 0 Å². The van der Waals surface area contributed by atoms with Crippen LogP contribution in [0.25, 0.3) is 11.0 Å². The number of carboxylic acids is 1. The molecule has 6 nitrogen and oxygen atoms in total. The minimum Gasteiger partial charge on any atom is -0.478 e. The second-order valence-corrected chi connectivity index (χ2v) is 5.51. The SMILES string of the molecule is CCN(c1nc2sccn2c1C=CC(=O)O)C(C)COC. The molecule has 0 fully saturated rings. The summed E-state index contributed by atoms with van der Waals surface area (Å²) in [6, 6.07) is 0.154. The molecule has 0 aliphatic heterocycles. The highest BCUT2D eigenvalue weighted by molar-refractivity contribution is 7.15. The molecule has 0 aliphatic carbocycles. The molecule has 0 radical (unpaired) electrons. The van der Waals surface area contributed by atoms with Gasteiger partial charge in [0, 0.05) is 31.3 Å². The number of imidazole rings is 1. The molecule has 0 bridgehead atoms. The van der Waals surface area contributed by atoms with Crippen molar-refractivity contribution in [3.8, 4) is 0 Å². The van der Waals surface area contributed by atoms with Crippen molar-refractivity contribution in [2.45, 2.75) is 19.9 Å². The van der Waals surface area contributed by atoms with Gasteiger partial charge in [0.1, 0.15) is 0 Å². The number of aromatic nitrogens is 2. The number of rotatable bonds is 7. The van der Waals surface area contributed by atoms with Gasteiger partial charge >= 0.3 is 5.97 Å². The summed E-state index contributed by atoms with van der Waals surface area (Å²) in [6.45, 7) is 5.46. The predicted octanol–water partition coefficient (Wildman–Crippen LogP) is 2.35. The molecular formula is C14H19N3O3S. The molecule has 1 unspecified atom stereocenters. The number of carboxylic acid groups (broad SMARTS) is 1. The normalized spacial score (nSPS) is 13.1. The number of nitrogens with zero attached hydrogens (tertiary/aromatic N) is 3. The Morgan fingerprint density at radius 3 is 3.05 bits per heavy atom. The minimum atomic E-state index is -0.973. The van der Waals surface area contributed by atoms with Crippen LogP contribution in [0.2, 0.25) is 0 Å². The maximum atomic E-state index is 10.8. The number of thiazole rings is 1. The lowest BCUT2D eigenvalue weighted by Gasteiger charge is -2.28. The van der Waals surface area contributed by atoms with Crippen molar-refractivity contribution in [1.29, 1.82) is 0 Å². The molecule has 21 heavy (non-hydrogen) atoms. The standard InChI is InChI=1S/C14H19N3O3S/c1-4-16(10(2)9-20-3)13-11(5-6-12(18)19)17-7-8-21-14(17)15-13/h5-8,10H,4,9H2,1-3H3,(H,18,19). The minimum absolute atomic E-state index is 0.154. The molecule has 0 spiro atoms. The molecular weight excluding hydrogens is 290 g/mol. The molecule has 0 saturated heterocycles. The molecule has 0 saturated carbocycles. The lowest BCUT2D eigenvalue weighted by atomic mass is 10.2. The second kappa shape index (κ2) is 6.73. The molecule has 0 aliphatic rings. The summed E-state index contributed by atoms with van der Waals surface area (Å²) in [7, 11) is 1.67. The van der Waals surface area contributed by atoms with E-state index in [0.29, 0.717) is 6.61 Å². The Morgan fingerprint density at radius 2 is 2.43 bits per heavy atom. The molecule has 1 N–H and O–H groups in total. The maximum Gasteiger partial charge on any atom is 0.328 e. The van der Waals surface area contributed by atoms with Gasteiger partial charge < -0.3 is 14.7 Å². The van der Waals surface area contributed by atoms with Gasteiger partial charge in [0.15, 0.2) is 10.8 Å². The fourth-order valence-corrected chi connectivity index (χ4v) is 3.03. The van der Waals surface area contributed by atoms with E-state index in [1.807, 2.05) is 22.9 Å². The van der Waals surface area contributed by atoms with Crippen LogP contribution in [0, 0.1) is 0 Å². The number of fused-ring (bicyclic) bond motifs is 1. The van der Waals surface area contributed by atoms with E-state index in [-0.39, 0.29) is 6.04 Å². The summed E-state index contributed by atoms with van der Waals surface area (Å²) in [5.74, 6) is -0.189. The van der Waals surface area contributed by atoms with Gasteiger partial charge in [-0.1, -0.05) is 0 Å².